The number of nitrogens with zero attached hydrogens (tertiary/aromatic N) is 1. The van der Waals surface area contributed by atoms with Crippen molar-refractivity contribution in [2.45, 2.75) is 39.2 Å². The van der Waals surface area contributed by atoms with Crippen LogP contribution < -0.4 is 0 Å². The standard InChI is InChI=1S/C13H20N2S/c1-3-8-15-9-4-5-12(15)11-6-7-13(16)14-10(11)2/h6-7,12H,3-5,8-9H2,1-2H3,(H,14,16). The van der Waals surface area contributed by atoms with Gasteiger partial charge in [-0.2, -0.15) is 0 Å². The maximum Gasteiger partial charge on any atom is 0.103 e. The SMILES string of the molecule is CCCN1CCCC1c1ccc(=S)[nH]c1C. The molecule has 0 bridgehead atoms. The molecule has 1 atom stereocenters. The average Bonchev–Trinajstić information content (AvgIpc) is 2.67. The van der Waals surface area contributed by atoms with Gasteiger partial charge in [0.25, 0.3) is 0 Å². The van der Waals surface area contributed by atoms with Gasteiger partial charge in [0, 0.05) is 11.7 Å². The lowest BCUT2D eigenvalue weighted by Gasteiger charge is -2.25. The van der Waals surface area contributed by atoms with Gasteiger partial charge in [0.2, 0.25) is 0 Å². The van der Waals surface area contributed by atoms with Gasteiger partial charge < -0.3 is 4.98 Å². The van der Waals surface area contributed by atoms with E-state index in [-0.39, 0.29) is 0 Å². The van der Waals surface area contributed by atoms with Crippen LogP contribution in [0, 0.1) is 11.6 Å². The molecule has 2 rings (SSSR count). The van der Waals surface area contributed by atoms with Gasteiger partial charge in [0.15, 0.2) is 0 Å². The molecule has 1 aliphatic heterocycles. The van der Waals surface area contributed by atoms with Crippen LogP contribution in [0.5, 0.6) is 0 Å². The van der Waals surface area contributed by atoms with Crippen molar-refractivity contribution in [3.63, 3.8) is 0 Å². The highest BCUT2D eigenvalue weighted by Crippen LogP contribution is 2.32. The Hall–Kier alpha value is -0.670. The third-order valence-electron chi connectivity index (χ3n) is 3.39. The predicted molar refractivity (Wildman–Crippen MR) is 70.2 cm³/mol. The Morgan fingerprint density at radius 1 is 1.50 bits per heavy atom. The van der Waals surface area contributed by atoms with Gasteiger partial charge in [-0.25, -0.2) is 0 Å². The Balaban J connectivity index is 2.25. The number of aromatic amines is 1. The van der Waals surface area contributed by atoms with Crippen molar-refractivity contribution in [1.29, 1.82) is 0 Å². The predicted octanol–water partition coefficient (Wildman–Crippen LogP) is 3.60. The van der Waals surface area contributed by atoms with Crippen LogP contribution in [0.4, 0.5) is 0 Å². The van der Waals surface area contributed by atoms with Crippen molar-refractivity contribution >= 4 is 12.2 Å². The number of rotatable bonds is 3. The van der Waals surface area contributed by atoms with Crippen molar-refractivity contribution in [1.82, 2.24) is 9.88 Å². The molecule has 88 valence electrons. The smallest absolute Gasteiger partial charge is 0.103 e. The van der Waals surface area contributed by atoms with Crippen LogP contribution in [0.3, 0.4) is 0 Å². The molecule has 0 aromatic carbocycles. The fourth-order valence-electron chi connectivity index (χ4n) is 2.68. The number of nitrogens with one attached hydrogen (secondary N) is 1. The summed E-state index contributed by atoms with van der Waals surface area (Å²) >= 11 is 5.15. The van der Waals surface area contributed by atoms with E-state index in [0.29, 0.717) is 6.04 Å². The molecule has 16 heavy (non-hydrogen) atoms. The van der Waals surface area contributed by atoms with Gasteiger partial charge in [-0.1, -0.05) is 25.2 Å². The first-order chi connectivity index (χ1) is 7.72. The highest BCUT2D eigenvalue weighted by molar-refractivity contribution is 7.71. The average molecular weight is 236 g/mol. The van der Waals surface area contributed by atoms with Crippen molar-refractivity contribution < 1.29 is 0 Å². The zero-order chi connectivity index (χ0) is 11.5. The van der Waals surface area contributed by atoms with E-state index in [9.17, 15) is 0 Å². The van der Waals surface area contributed by atoms with E-state index in [2.05, 4.69) is 29.8 Å². The Morgan fingerprint density at radius 3 is 3.00 bits per heavy atom. The number of hydrogen-bond acceptors (Lipinski definition) is 2. The minimum atomic E-state index is 0.604. The molecule has 0 amide bonds. The van der Waals surface area contributed by atoms with Gasteiger partial charge >= 0.3 is 0 Å². The third kappa shape index (κ3) is 2.36. The van der Waals surface area contributed by atoms with E-state index in [0.717, 1.165) is 4.64 Å². The van der Waals surface area contributed by atoms with Gasteiger partial charge in [-0.05, 0) is 50.9 Å². The molecule has 1 unspecified atom stereocenters. The second kappa shape index (κ2) is 5.11. The fraction of sp³-hybridized carbons (Fsp3) is 0.615. The number of pyridine rings is 1. The highest BCUT2D eigenvalue weighted by atomic mass is 32.1. The summed E-state index contributed by atoms with van der Waals surface area (Å²) in [6, 6.07) is 4.82. The largest absolute Gasteiger partial charge is 0.350 e. The Morgan fingerprint density at radius 2 is 2.31 bits per heavy atom. The van der Waals surface area contributed by atoms with Crippen molar-refractivity contribution in [2.24, 2.45) is 0 Å². The van der Waals surface area contributed by atoms with E-state index in [1.807, 2.05) is 6.07 Å². The molecule has 0 aliphatic carbocycles. The number of likely N-dealkylation sites (tertiary alicyclic amines) is 1. The summed E-state index contributed by atoms with van der Waals surface area (Å²) < 4.78 is 0.835. The lowest BCUT2D eigenvalue weighted by Crippen LogP contribution is -2.24. The molecule has 2 nitrogen and oxygen atoms in total. The summed E-state index contributed by atoms with van der Waals surface area (Å²) in [7, 11) is 0. The van der Waals surface area contributed by atoms with Gasteiger partial charge in [0.1, 0.15) is 4.64 Å². The van der Waals surface area contributed by atoms with Crippen LogP contribution in [0.15, 0.2) is 12.1 Å². The zero-order valence-electron chi connectivity index (χ0n) is 10.1. The lowest BCUT2D eigenvalue weighted by molar-refractivity contribution is 0.256. The highest BCUT2D eigenvalue weighted by Gasteiger charge is 2.26. The van der Waals surface area contributed by atoms with E-state index in [1.165, 1.54) is 43.6 Å². The summed E-state index contributed by atoms with van der Waals surface area (Å²) in [6.07, 6.45) is 3.84. The Labute approximate surface area is 103 Å². The molecule has 1 aromatic rings. The van der Waals surface area contributed by atoms with Crippen LogP contribution in [-0.4, -0.2) is 23.0 Å². The van der Waals surface area contributed by atoms with Crippen LogP contribution in [0.1, 0.15) is 43.5 Å². The molecule has 1 fully saturated rings. The first-order valence-corrected chi connectivity index (χ1v) is 6.57. The number of H-pyrrole nitrogens is 1. The van der Waals surface area contributed by atoms with Gasteiger partial charge in [0.05, 0.1) is 0 Å². The maximum atomic E-state index is 5.15. The van der Waals surface area contributed by atoms with Crippen LogP contribution in [0.25, 0.3) is 0 Å². The first-order valence-electron chi connectivity index (χ1n) is 6.16. The maximum absolute atomic E-state index is 5.15. The zero-order valence-corrected chi connectivity index (χ0v) is 10.9. The molecule has 2 heterocycles. The second-order valence-electron chi connectivity index (χ2n) is 4.60. The molecule has 1 N–H and O–H groups in total. The summed E-state index contributed by atoms with van der Waals surface area (Å²) in [5, 5.41) is 0. The third-order valence-corrected chi connectivity index (χ3v) is 3.63. The molecule has 0 radical (unpaired) electrons. The van der Waals surface area contributed by atoms with Crippen molar-refractivity contribution in [2.75, 3.05) is 13.1 Å². The lowest BCUT2D eigenvalue weighted by atomic mass is 10.0. The minimum absolute atomic E-state index is 0.604. The molecule has 1 aliphatic rings. The van der Waals surface area contributed by atoms with Gasteiger partial charge in [-0.15, -0.1) is 0 Å². The quantitative estimate of drug-likeness (QED) is 0.809. The molecule has 1 saturated heterocycles. The summed E-state index contributed by atoms with van der Waals surface area (Å²) in [5.74, 6) is 0. The van der Waals surface area contributed by atoms with Gasteiger partial charge in [-0.3, -0.25) is 4.90 Å². The number of hydrogen-bond donors (Lipinski definition) is 1. The van der Waals surface area contributed by atoms with E-state index < -0.39 is 0 Å². The van der Waals surface area contributed by atoms with E-state index >= 15 is 0 Å². The fourth-order valence-corrected chi connectivity index (χ4v) is 2.90. The normalized spacial score (nSPS) is 21.5. The van der Waals surface area contributed by atoms with Crippen molar-refractivity contribution in [3.05, 3.63) is 28.0 Å². The molecule has 0 saturated carbocycles. The van der Waals surface area contributed by atoms with E-state index in [1.54, 1.807) is 0 Å². The molecule has 1 aromatic heterocycles. The number of aryl methyl sites for hydroxylation is 1. The molecule has 0 spiro atoms. The summed E-state index contributed by atoms with van der Waals surface area (Å²) in [5.41, 5.74) is 2.67. The second-order valence-corrected chi connectivity index (χ2v) is 5.04. The van der Waals surface area contributed by atoms with E-state index in [4.69, 9.17) is 12.2 Å². The topological polar surface area (TPSA) is 19.0 Å². The Kier molecular flexibility index (Phi) is 3.77. The summed E-state index contributed by atoms with van der Waals surface area (Å²) in [6.45, 7) is 6.83. The minimum Gasteiger partial charge on any atom is -0.350 e. The number of aromatic nitrogens is 1. The summed E-state index contributed by atoms with van der Waals surface area (Å²) in [4.78, 5) is 5.86. The molecular weight excluding hydrogens is 216 g/mol. The molecule has 3 heteroatoms. The van der Waals surface area contributed by atoms with Crippen LogP contribution >= 0.6 is 12.2 Å². The van der Waals surface area contributed by atoms with Crippen molar-refractivity contribution in [3.8, 4) is 0 Å². The van der Waals surface area contributed by atoms with Crippen LogP contribution in [0.2, 0.25) is 0 Å². The molecular formula is C13H20N2S. The Bertz CT molecular complexity index is 411. The van der Waals surface area contributed by atoms with Crippen LogP contribution in [-0.2, 0) is 0 Å². The monoisotopic (exact) mass is 236 g/mol. The first kappa shape index (κ1) is 11.8.